The number of aliphatic imine (C=N–C) groups is 4. The Hall–Kier alpha value is -3.28. The Balaban J connectivity index is -0.0000000132. The third-order valence-electron chi connectivity index (χ3n) is 0.548. The van der Waals surface area contributed by atoms with Gasteiger partial charge in [-0.25, -0.2) is 39.1 Å². The maximum absolute atomic E-state index is 8.88. The number of rotatable bonds is 0. The van der Waals surface area contributed by atoms with E-state index in [1.807, 2.05) is 96.9 Å². The Morgan fingerprint density at radius 1 is 0.438 bits per heavy atom. The molecule has 0 aliphatic rings. The molecular weight excluding hydrogens is 929 g/mol. The van der Waals surface area contributed by atoms with Crippen molar-refractivity contribution in [1.82, 2.24) is 0 Å². The Bertz CT molecular complexity index is 601. The molecule has 0 fully saturated rings. The molecule has 0 bridgehead atoms. The van der Waals surface area contributed by atoms with Crippen molar-refractivity contribution in [1.29, 1.82) is 10.5 Å². The molecule has 0 saturated carbocycles. The number of ether oxygens (including phenoxy) is 2. The van der Waals surface area contributed by atoms with Crippen LogP contribution in [0.3, 0.4) is 0 Å². The summed E-state index contributed by atoms with van der Waals surface area (Å²) in [5.74, 6) is 0. The summed E-state index contributed by atoms with van der Waals surface area (Å²) in [7, 11) is 10.2. The minimum absolute atomic E-state index is 0. The molecule has 0 saturated heterocycles. The van der Waals surface area contributed by atoms with E-state index in [2.05, 4.69) is 29.4 Å². The molecule has 0 aromatic carbocycles. The van der Waals surface area contributed by atoms with E-state index in [-0.39, 0.29) is 51.7 Å². The monoisotopic (exact) mass is 1030 g/mol. The maximum Gasteiger partial charge on any atom is 0.286 e. The van der Waals surface area contributed by atoms with Crippen molar-refractivity contribution in [3.8, 4) is 12.5 Å². The van der Waals surface area contributed by atoms with Crippen molar-refractivity contribution >= 4 is 24.3 Å². The van der Waals surface area contributed by atoms with Crippen LogP contribution in [0.1, 0.15) is 139 Å². The number of nitrogens with zero attached hydrogens (tertiary/aromatic N) is 6. The number of aliphatic hydroxyl groups is 11. The van der Waals surface area contributed by atoms with Gasteiger partial charge in [-0.15, -0.1) is 0 Å². The van der Waals surface area contributed by atoms with Crippen LogP contribution in [0.15, 0.2) is 20.0 Å². The molecule has 0 unspecified atom stereocenters. The van der Waals surface area contributed by atoms with Crippen LogP contribution >= 0.6 is 0 Å². The predicted octanol–water partition coefficient (Wildman–Crippen LogP) is 3.51. The van der Waals surface area contributed by atoms with Gasteiger partial charge in [-0.2, -0.15) is 10.5 Å². The summed E-state index contributed by atoms with van der Waals surface area (Å²) in [6, 6.07) is 0. The Kier molecular flexibility index (Phi) is 1040. The van der Waals surface area contributed by atoms with Gasteiger partial charge < -0.3 is 71.1 Å². The van der Waals surface area contributed by atoms with E-state index >= 15 is 0 Å². The summed E-state index contributed by atoms with van der Waals surface area (Å²) in [5.41, 5.74) is 0. The minimum atomic E-state index is -1.17. The average molecular weight is 1030 g/mol. The van der Waals surface area contributed by atoms with Crippen LogP contribution < -0.4 is 0 Å². The number of aliphatic hydroxyl groups excluding tert-OH is 7. The second-order valence-electron chi connectivity index (χ2n) is 4.98. The van der Waals surface area contributed by atoms with E-state index in [9.17, 15) is 0 Å². The Morgan fingerprint density at radius 2 is 0.469 bits per heavy atom. The molecule has 0 aromatic heterocycles. The second-order valence-corrected chi connectivity index (χ2v) is 4.98. The average Bonchev–Trinajstić information content (AvgIpc) is 3.29. The molecule has 0 rings (SSSR count). The van der Waals surface area contributed by atoms with Crippen LogP contribution in [-0.4, -0.2) is 174 Å². The minimum Gasteiger partial charge on any atom is -0.431 e. The summed E-state index contributed by atoms with van der Waals surface area (Å²) < 4.78 is 7.69. The molecule has 25 heteroatoms. The van der Waals surface area contributed by atoms with Gasteiger partial charge in [0, 0.05) is 81.2 Å². The molecule has 0 atom stereocenters. The molecule has 401 valence electrons. The molecular formula is C39H104N6O18Y. The number of isocyanates is 4. The number of methoxy groups -OCH3 is 2. The number of hydrogen-bond acceptors (Lipinski definition) is 23. The fourth-order valence-corrected chi connectivity index (χ4v) is 0. The van der Waals surface area contributed by atoms with E-state index in [1.165, 1.54) is 100 Å². The topological polar surface area (TPSA) is 438 Å². The predicted molar refractivity (Wildman–Crippen MR) is 256 cm³/mol. The quantitative estimate of drug-likeness (QED) is 0.0715. The summed E-state index contributed by atoms with van der Waals surface area (Å²) in [6.07, 6.45) is 4.42. The standard InChI is InChI=1S/C3H8O.6C2H3NO.3C2H6O2.7C2H6.CH4O2.2CH4O.CH4.H2O.Y/c1-3(2)4;2*1-4-2-3;4*1-3-2-4;3*1-2(3)4;7*1-2;2-1-3;2*1-2;;;/h3-4H,1-2H3;6*1H3;3*2-4H,1H3;7*1-2H3;2-3H,1H2;2*2H,1H3;1H4;1H2;. The molecule has 0 amide bonds. The fraction of sp³-hybridized carbons (Fsp3) is 0.846. The van der Waals surface area contributed by atoms with Gasteiger partial charge in [-0.05, 0) is 34.6 Å². The third-order valence-corrected chi connectivity index (χ3v) is 0.548. The van der Waals surface area contributed by atoms with Crippen molar-refractivity contribution in [2.75, 3.05) is 63.4 Å². The molecule has 0 aliphatic carbocycles. The second kappa shape index (κ2) is 436. The fourth-order valence-electron chi connectivity index (χ4n) is 0. The zero-order valence-corrected chi connectivity index (χ0v) is 47.0. The van der Waals surface area contributed by atoms with Crippen LogP contribution in [0.5, 0.6) is 0 Å². The number of nitriles is 2. The van der Waals surface area contributed by atoms with Gasteiger partial charge in [-0.1, -0.05) is 104 Å². The van der Waals surface area contributed by atoms with Crippen LogP contribution in [0.2, 0.25) is 0 Å². The molecule has 0 heterocycles. The first-order chi connectivity index (χ1) is 28.8. The van der Waals surface area contributed by atoms with Crippen molar-refractivity contribution < 1.29 is 123 Å². The summed E-state index contributed by atoms with van der Waals surface area (Å²) in [5, 5.41) is 96.8. The first-order valence-corrected chi connectivity index (χ1v) is 18.4. The van der Waals surface area contributed by atoms with Gasteiger partial charge in [0.2, 0.25) is 24.3 Å². The van der Waals surface area contributed by atoms with Gasteiger partial charge in [0.1, 0.15) is 25.7 Å². The number of carbonyl (C=O) groups excluding carboxylic acids is 4. The first-order valence-electron chi connectivity index (χ1n) is 18.4. The normalized spacial score (nSPS) is 4.94. The van der Waals surface area contributed by atoms with E-state index in [1.54, 1.807) is 13.8 Å². The Morgan fingerprint density at radius 3 is 0.469 bits per heavy atom. The summed E-state index contributed by atoms with van der Waals surface area (Å²) >= 11 is 0. The van der Waals surface area contributed by atoms with Gasteiger partial charge in [-0.3, -0.25) is 0 Å². The van der Waals surface area contributed by atoms with E-state index in [0.29, 0.717) is 0 Å². The van der Waals surface area contributed by atoms with Gasteiger partial charge in [0.05, 0.1) is 14.2 Å². The van der Waals surface area contributed by atoms with Gasteiger partial charge in [0.15, 0.2) is 0 Å². The van der Waals surface area contributed by atoms with E-state index < -0.39 is 25.7 Å². The molecule has 13 N–H and O–H groups in total. The van der Waals surface area contributed by atoms with E-state index in [4.69, 9.17) is 85.9 Å². The zero-order valence-electron chi connectivity index (χ0n) is 44.1. The molecule has 64 heavy (non-hydrogen) atoms. The molecule has 0 aromatic rings. The van der Waals surface area contributed by atoms with Crippen LogP contribution in [-0.2, 0) is 61.4 Å². The molecule has 0 spiro atoms. The van der Waals surface area contributed by atoms with Crippen molar-refractivity contribution in [2.24, 2.45) is 20.0 Å². The van der Waals surface area contributed by atoms with Crippen LogP contribution in [0, 0.1) is 23.0 Å². The molecule has 0 aliphatic heterocycles. The van der Waals surface area contributed by atoms with Crippen LogP contribution in [0.4, 0.5) is 0 Å². The third kappa shape index (κ3) is 26400. The maximum atomic E-state index is 8.88. The van der Waals surface area contributed by atoms with Crippen LogP contribution in [0.25, 0.3) is 0 Å². The van der Waals surface area contributed by atoms with Crippen molar-refractivity contribution in [2.45, 2.75) is 164 Å². The summed E-state index contributed by atoms with van der Waals surface area (Å²) in [6.45, 7) is 34.5. The van der Waals surface area contributed by atoms with Gasteiger partial charge >= 0.3 is 0 Å². The first kappa shape index (κ1) is 152. The van der Waals surface area contributed by atoms with Crippen molar-refractivity contribution in [3.63, 3.8) is 0 Å². The smallest absolute Gasteiger partial charge is 0.286 e. The van der Waals surface area contributed by atoms with Gasteiger partial charge in [0.25, 0.3) is 12.5 Å². The number of hydrogen-bond donors (Lipinski definition) is 11. The zero-order chi connectivity index (χ0) is 55.5. The SMILES string of the molecule is C.CC.CC.CC.CC.CC.CC.CC.CC(C)O.CC(O)O.CC(O)O.CC(O)O.CN=C=O.CN=C=O.CN=C=O.CN=C=O.CO.CO.COC#N.COC#N.O.OCO.[Y]. The largest absolute Gasteiger partial charge is 0.431 e. The molecule has 24 nitrogen and oxygen atoms in total. The Labute approximate surface area is 416 Å². The van der Waals surface area contributed by atoms with E-state index in [0.717, 1.165) is 14.2 Å². The summed E-state index contributed by atoms with van der Waals surface area (Å²) in [4.78, 5) is 47.2. The van der Waals surface area contributed by atoms with Crippen molar-refractivity contribution in [3.05, 3.63) is 0 Å². The molecule has 1 radical (unpaired) electrons.